The van der Waals surface area contributed by atoms with Gasteiger partial charge in [0.05, 0.1) is 17.1 Å². The van der Waals surface area contributed by atoms with Gasteiger partial charge in [0.2, 0.25) is 0 Å². The van der Waals surface area contributed by atoms with E-state index in [1.54, 1.807) is 12.1 Å². The molecule has 1 aliphatic rings. The highest BCUT2D eigenvalue weighted by molar-refractivity contribution is 6.30. The number of likely N-dealkylation sites (tertiary alicyclic amines) is 1. The Labute approximate surface area is 168 Å². The van der Waals surface area contributed by atoms with Crippen molar-refractivity contribution in [1.82, 2.24) is 14.9 Å². The van der Waals surface area contributed by atoms with Crippen molar-refractivity contribution in [2.45, 2.75) is 19.4 Å². The second kappa shape index (κ2) is 7.73. The van der Waals surface area contributed by atoms with Crippen LogP contribution >= 0.6 is 11.6 Å². The maximum atomic E-state index is 11.8. The lowest BCUT2D eigenvalue weighted by atomic mass is 10.0. The first-order valence-corrected chi connectivity index (χ1v) is 9.70. The molecule has 1 amide bonds. The summed E-state index contributed by atoms with van der Waals surface area (Å²) in [6.45, 7) is 4.84. The van der Waals surface area contributed by atoms with Crippen LogP contribution in [0.25, 0.3) is 10.9 Å². The summed E-state index contributed by atoms with van der Waals surface area (Å²) < 4.78 is 0. The third-order valence-corrected chi connectivity index (χ3v) is 5.29. The highest BCUT2D eigenvalue weighted by Crippen LogP contribution is 2.29. The largest absolute Gasteiger partial charge is 0.366 e. The Hall–Kier alpha value is -2.70. The van der Waals surface area contributed by atoms with Crippen LogP contribution in [0.15, 0.2) is 42.5 Å². The van der Waals surface area contributed by atoms with Crippen molar-refractivity contribution >= 4 is 34.2 Å². The van der Waals surface area contributed by atoms with Crippen LogP contribution in [0.5, 0.6) is 0 Å². The van der Waals surface area contributed by atoms with E-state index >= 15 is 0 Å². The fourth-order valence-corrected chi connectivity index (χ4v) is 3.72. The summed E-state index contributed by atoms with van der Waals surface area (Å²) in [5, 5.41) is 5.05. The molecule has 1 saturated heterocycles. The van der Waals surface area contributed by atoms with E-state index < -0.39 is 5.91 Å². The molecule has 1 atom stereocenters. The number of primary amides is 1. The Bertz CT molecular complexity index is 1030. The Kier molecular flexibility index (Phi) is 5.15. The van der Waals surface area contributed by atoms with Gasteiger partial charge >= 0.3 is 0 Å². The van der Waals surface area contributed by atoms with E-state index in [4.69, 9.17) is 17.3 Å². The third kappa shape index (κ3) is 3.79. The van der Waals surface area contributed by atoms with Crippen molar-refractivity contribution in [1.29, 1.82) is 0 Å². The molecule has 0 spiro atoms. The quantitative estimate of drug-likeness (QED) is 0.666. The number of aryl methyl sites for hydroxylation is 1. The molecule has 7 heteroatoms. The fraction of sp³-hybridized carbons (Fsp3) is 0.286. The molecule has 0 aliphatic carbocycles. The number of fused-ring (bicyclic) bond motifs is 1. The highest BCUT2D eigenvalue weighted by Gasteiger charge is 2.22. The first-order chi connectivity index (χ1) is 13.5. The van der Waals surface area contributed by atoms with Crippen LogP contribution in [-0.4, -0.2) is 40.4 Å². The van der Waals surface area contributed by atoms with E-state index in [-0.39, 0.29) is 6.04 Å². The first kappa shape index (κ1) is 18.7. The number of rotatable bonds is 6. The molecule has 3 aromatic rings. The molecule has 0 saturated carbocycles. The number of anilines is 1. The van der Waals surface area contributed by atoms with Gasteiger partial charge in [-0.05, 0) is 56.3 Å². The average molecular weight is 396 g/mol. The second-order valence-electron chi connectivity index (χ2n) is 7.09. The highest BCUT2D eigenvalue weighted by atomic mass is 35.5. The number of nitrogens with zero attached hydrogens (tertiary/aromatic N) is 3. The molecule has 144 valence electrons. The summed E-state index contributed by atoms with van der Waals surface area (Å²) in [7, 11) is 0. The minimum Gasteiger partial charge on any atom is -0.366 e. The molecule has 1 aromatic heterocycles. The summed E-state index contributed by atoms with van der Waals surface area (Å²) in [4.78, 5) is 23.3. The van der Waals surface area contributed by atoms with Crippen LogP contribution in [0.3, 0.4) is 0 Å². The zero-order valence-electron chi connectivity index (χ0n) is 15.7. The molecule has 1 aliphatic heterocycles. The Morgan fingerprint density at radius 3 is 2.71 bits per heavy atom. The lowest BCUT2D eigenvalue weighted by molar-refractivity contribution is 0.100. The summed E-state index contributed by atoms with van der Waals surface area (Å²) in [5.74, 6) is 0.773. The molecule has 1 unspecified atom stereocenters. The minimum atomic E-state index is -0.498. The zero-order valence-corrected chi connectivity index (χ0v) is 16.4. The van der Waals surface area contributed by atoms with Crippen molar-refractivity contribution in [3.05, 3.63) is 64.4 Å². The van der Waals surface area contributed by atoms with E-state index in [0.29, 0.717) is 27.7 Å². The molecule has 3 N–H and O–H groups in total. The summed E-state index contributed by atoms with van der Waals surface area (Å²) in [6, 6.07) is 13.3. The topological polar surface area (TPSA) is 84.1 Å². The van der Waals surface area contributed by atoms with Crippen LogP contribution in [0, 0.1) is 6.92 Å². The molecule has 0 bridgehead atoms. The number of nitrogens with two attached hydrogens (primary N) is 1. The van der Waals surface area contributed by atoms with Gasteiger partial charge in [0.25, 0.3) is 5.91 Å². The normalized spacial score (nSPS) is 15.2. The monoisotopic (exact) mass is 395 g/mol. The van der Waals surface area contributed by atoms with Gasteiger partial charge in [0, 0.05) is 17.0 Å². The molecule has 0 radical (unpaired) electrons. The predicted octanol–water partition coefficient (Wildman–Crippen LogP) is 3.55. The van der Waals surface area contributed by atoms with Crippen molar-refractivity contribution in [3.8, 4) is 0 Å². The van der Waals surface area contributed by atoms with Crippen molar-refractivity contribution in [3.63, 3.8) is 0 Å². The Morgan fingerprint density at radius 1 is 1.25 bits per heavy atom. The Morgan fingerprint density at radius 2 is 2.04 bits per heavy atom. The smallest absolute Gasteiger partial charge is 0.250 e. The van der Waals surface area contributed by atoms with Gasteiger partial charge < -0.3 is 16.0 Å². The molecule has 2 heterocycles. The number of para-hydroxylation sites is 1. The number of hydrogen-bond acceptors (Lipinski definition) is 5. The van der Waals surface area contributed by atoms with Crippen molar-refractivity contribution in [2.24, 2.45) is 5.73 Å². The van der Waals surface area contributed by atoms with Gasteiger partial charge in [0.1, 0.15) is 11.6 Å². The Balaban J connectivity index is 1.76. The minimum absolute atomic E-state index is 0.00809. The number of amides is 1. The standard InChI is InChI=1S/C21H22ClN5O/c1-13-24-19-16(20(23)28)7-3-8-17(19)21(25-13)26-18(12-27-9-4-10-27)14-5-2-6-15(22)11-14/h2-3,5-8,11,18H,4,9-10,12H2,1H3,(H2,23,28)(H,24,25,26). The number of nitrogens with one attached hydrogen (secondary N) is 1. The van der Waals surface area contributed by atoms with Crippen LogP contribution in [0.2, 0.25) is 5.02 Å². The molecule has 6 nitrogen and oxygen atoms in total. The maximum Gasteiger partial charge on any atom is 0.250 e. The van der Waals surface area contributed by atoms with E-state index in [9.17, 15) is 4.79 Å². The van der Waals surface area contributed by atoms with Gasteiger partial charge in [0.15, 0.2) is 0 Å². The van der Waals surface area contributed by atoms with Gasteiger partial charge in [-0.15, -0.1) is 0 Å². The zero-order chi connectivity index (χ0) is 19.7. The number of carbonyl (C=O) groups is 1. The predicted molar refractivity (Wildman–Crippen MR) is 112 cm³/mol. The van der Waals surface area contributed by atoms with Crippen LogP contribution < -0.4 is 11.1 Å². The van der Waals surface area contributed by atoms with Gasteiger partial charge in [-0.2, -0.15) is 0 Å². The van der Waals surface area contributed by atoms with Crippen molar-refractivity contribution < 1.29 is 4.79 Å². The van der Waals surface area contributed by atoms with Gasteiger partial charge in [-0.3, -0.25) is 4.79 Å². The summed E-state index contributed by atoms with van der Waals surface area (Å²) in [5.41, 5.74) is 7.60. The molecular formula is C21H22ClN5O. The molecule has 4 rings (SSSR count). The summed E-state index contributed by atoms with van der Waals surface area (Å²) in [6.07, 6.45) is 1.22. The lowest BCUT2D eigenvalue weighted by Crippen LogP contribution is -2.41. The third-order valence-electron chi connectivity index (χ3n) is 5.06. The SMILES string of the molecule is Cc1nc(NC(CN2CCC2)c2cccc(Cl)c2)c2cccc(C(N)=O)c2n1. The van der Waals surface area contributed by atoms with Gasteiger partial charge in [-0.25, -0.2) is 9.97 Å². The second-order valence-corrected chi connectivity index (χ2v) is 7.53. The molecule has 28 heavy (non-hydrogen) atoms. The van der Waals surface area contributed by atoms with E-state index in [1.807, 2.05) is 31.2 Å². The van der Waals surface area contributed by atoms with E-state index in [1.165, 1.54) is 6.42 Å². The molecular weight excluding hydrogens is 374 g/mol. The van der Waals surface area contributed by atoms with Crippen LogP contribution in [0.4, 0.5) is 5.82 Å². The van der Waals surface area contributed by atoms with Crippen LogP contribution in [-0.2, 0) is 0 Å². The maximum absolute atomic E-state index is 11.8. The first-order valence-electron chi connectivity index (χ1n) is 9.33. The van der Waals surface area contributed by atoms with Crippen LogP contribution in [0.1, 0.15) is 34.2 Å². The molecule has 1 fully saturated rings. The summed E-state index contributed by atoms with van der Waals surface area (Å²) >= 11 is 6.23. The fourth-order valence-electron chi connectivity index (χ4n) is 3.52. The average Bonchev–Trinajstić information content (AvgIpc) is 2.62. The number of aromatic nitrogens is 2. The lowest BCUT2D eigenvalue weighted by Gasteiger charge is -2.35. The number of hydrogen-bond donors (Lipinski definition) is 2. The van der Waals surface area contributed by atoms with Gasteiger partial charge in [-0.1, -0.05) is 29.8 Å². The van der Waals surface area contributed by atoms with Crippen molar-refractivity contribution in [2.75, 3.05) is 25.0 Å². The van der Waals surface area contributed by atoms with E-state index in [2.05, 4.69) is 26.3 Å². The van der Waals surface area contributed by atoms with E-state index in [0.717, 1.165) is 30.6 Å². The number of carbonyl (C=O) groups excluding carboxylic acids is 1. The molecule has 2 aromatic carbocycles. The number of halogens is 1. The number of benzene rings is 2.